The average molecular weight is 251 g/mol. The van der Waals surface area contributed by atoms with Crippen molar-refractivity contribution in [3.8, 4) is 5.75 Å². The number of rotatable bonds is 4. The quantitative estimate of drug-likeness (QED) is 0.884. The van der Waals surface area contributed by atoms with E-state index in [1.165, 1.54) is 0 Å². The van der Waals surface area contributed by atoms with Crippen molar-refractivity contribution in [3.63, 3.8) is 0 Å². The molecule has 4 nitrogen and oxygen atoms in total. The zero-order chi connectivity index (χ0) is 13.2. The van der Waals surface area contributed by atoms with Gasteiger partial charge in [-0.2, -0.15) is 0 Å². The first-order valence-corrected chi connectivity index (χ1v) is 6.22. The maximum Gasteiger partial charge on any atom is 0.143 e. The molecule has 1 N–H and O–H groups in total. The number of ether oxygens (including phenoxy) is 2. The Balaban J connectivity index is 2.19. The van der Waals surface area contributed by atoms with Gasteiger partial charge in [-0.1, -0.05) is 12.1 Å². The highest BCUT2D eigenvalue weighted by Crippen LogP contribution is 2.36. The Labute approximate surface area is 108 Å². The van der Waals surface area contributed by atoms with Crippen LogP contribution in [0.1, 0.15) is 13.8 Å². The number of aliphatic hydroxyl groups excluding tert-OH is 1. The molecule has 1 aliphatic heterocycles. The number of methoxy groups -OCH3 is 1. The number of fused-ring (bicyclic) bond motifs is 1. The number of anilines is 1. The Hall–Kier alpha value is -1.26. The number of β-amino-alcohol motifs (C(OH)–C–C–N with tert-alkyl or cyclic N) is 1. The minimum atomic E-state index is -0.489. The van der Waals surface area contributed by atoms with Crippen LogP contribution < -0.4 is 9.64 Å². The SMILES string of the molecule is COC[C@H](O)CN1CC(C)(C)Oc2ccccc21. The van der Waals surface area contributed by atoms with Crippen LogP contribution in [0.2, 0.25) is 0 Å². The predicted molar refractivity (Wildman–Crippen MR) is 71.2 cm³/mol. The van der Waals surface area contributed by atoms with Gasteiger partial charge in [-0.15, -0.1) is 0 Å². The first-order chi connectivity index (χ1) is 8.52. The standard InChI is InChI=1S/C14H21NO3/c1-14(2)10-15(8-11(16)9-17-3)12-6-4-5-7-13(12)18-14/h4-7,11,16H,8-10H2,1-3H3/t11-/m1/s1. The molecule has 1 heterocycles. The van der Waals surface area contributed by atoms with Gasteiger partial charge in [-0.05, 0) is 26.0 Å². The largest absolute Gasteiger partial charge is 0.484 e. The summed E-state index contributed by atoms with van der Waals surface area (Å²) in [7, 11) is 1.60. The van der Waals surface area contributed by atoms with Crippen LogP contribution in [-0.4, -0.2) is 43.6 Å². The third-order valence-electron chi connectivity index (χ3n) is 2.95. The summed E-state index contributed by atoms with van der Waals surface area (Å²) in [4.78, 5) is 2.16. The first-order valence-electron chi connectivity index (χ1n) is 6.22. The molecule has 18 heavy (non-hydrogen) atoms. The molecule has 0 unspecified atom stereocenters. The summed E-state index contributed by atoms with van der Waals surface area (Å²) in [6.45, 7) is 5.76. The van der Waals surface area contributed by atoms with Crippen LogP contribution in [0.4, 0.5) is 5.69 Å². The van der Waals surface area contributed by atoms with Crippen LogP contribution in [0.5, 0.6) is 5.75 Å². The summed E-state index contributed by atoms with van der Waals surface area (Å²) in [5.74, 6) is 0.873. The topological polar surface area (TPSA) is 41.9 Å². The van der Waals surface area contributed by atoms with Crippen molar-refractivity contribution in [1.82, 2.24) is 0 Å². The van der Waals surface area contributed by atoms with E-state index in [0.717, 1.165) is 18.0 Å². The maximum atomic E-state index is 9.89. The summed E-state index contributed by atoms with van der Waals surface area (Å²) in [5, 5.41) is 9.89. The molecule has 0 aromatic heterocycles. The first kappa shape index (κ1) is 13.2. The predicted octanol–water partition coefficient (Wildman–Crippen LogP) is 1.67. The molecule has 4 heteroatoms. The van der Waals surface area contributed by atoms with Gasteiger partial charge >= 0.3 is 0 Å². The lowest BCUT2D eigenvalue weighted by Crippen LogP contribution is -2.49. The molecule has 0 saturated carbocycles. The molecule has 2 rings (SSSR count). The minimum absolute atomic E-state index is 0.249. The maximum absolute atomic E-state index is 9.89. The van der Waals surface area contributed by atoms with E-state index < -0.39 is 6.10 Å². The van der Waals surface area contributed by atoms with Gasteiger partial charge < -0.3 is 19.5 Å². The molecule has 1 aliphatic rings. The van der Waals surface area contributed by atoms with Crippen LogP contribution in [0.15, 0.2) is 24.3 Å². The number of hydrogen-bond acceptors (Lipinski definition) is 4. The highest BCUT2D eigenvalue weighted by Gasteiger charge is 2.32. The van der Waals surface area contributed by atoms with E-state index in [0.29, 0.717) is 13.2 Å². The number of benzene rings is 1. The van der Waals surface area contributed by atoms with Crippen LogP contribution in [0, 0.1) is 0 Å². The fourth-order valence-corrected chi connectivity index (χ4v) is 2.34. The third-order valence-corrected chi connectivity index (χ3v) is 2.95. The fraction of sp³-hybridized carbons (Fsp3) is 0.571. The molecular formula is C14H21NO3. The van der Waals surface area contributed by atoms with Gasteiger partial charge in [0.15, 0.2) is 0 Å². The van der Waals surface area contributed by atoms with E-state index in [4.69, 9.17) is 9.47 Å². The van der Waals surface area contributed by atoms with E-state index >= 15 is 0 Å². The molecule has 1 aromatic rings. The van der Waals surface area contributed by atoms with Crippen molar-refractivity contribution in [2.75, 3.05) is 31.7 Å². The molecule has 0 aliphatic carbocycles. The van der Waals surface area contributed by atoms with Gasteiger partial charge in [0.05, 0.1) is 24.9 Å². The Kier molecular flexibility index (Phi) is 3.78. The van der Waals surface area contributed by atoms with Crippen molar-refractivity contribution in [2.24, 2.45) is 0 Å². The summed E-state index contributed by atoms with van der Waals surface area (Å²) in [6, 6.07) is 7.93. The summed E-state index contributed by atoms with van der Waals surface area (Å²) in [5.41, 5.74) is 0.785. The molecule has 0 radical (unpaired) electrons. The van der Waals surface area contributed by atoms with Crippen LogP contribution >= 0.6 is 0 Å². The summed E-state index contributed by atoms with van der Waals surface area (Å²) >= 11 is 0. The van der Waals surface area contributed by atoms with Gasteiger partial charge in [-0.3, -0.25) is 0 Å². The van der Waals surface area contributed by atoms with Crippen LogP contribution in [0.3, 0.4) is 0 Å². The Morgan fingerprint density at radius 1 is 1.44 bits per heavy atom. The van der Waals surface area contributed by atoms with E-state index in [1.54, 1.807) is 7.11 Å². The number of hydrogen-bond donors (Lipinski definition) is 1. The minimum Gasteiger partial charge on any atom is -0.484 e. The zero-order valence-corrected chi connectivity index (χ0v) is 11.2. The number of aliphatic hydroxyl groups is 1. The van der Waals surface area contributed by atoms with Crippen molar-refractivity contribution in [1.29, 1.82) is 0 Å². The normalized spacial score (nSPS) is 19.0. The van der Waals surface area contributed by atoms with E-state index in [2.05, 4.69) is 18.7 Å². The summed E-state index contributed by atoms with van der Waals surface area (Å²) in [6.07, 6.45) is -0.489. The van der Waals surface area contributed by atoms with Crippen molar-refractivity contribution < 1.29 is 14.6 Å². The average Bonchev–Trinajstić information content (AvgIpc) is 2.27. The smallest absolute Gasteiger partial charge is 0.143 e. The highest BCUT2D eigenvalue weighted by atomic mass is 16.5. The van der Waals surface area contributed by atoms with Gasteiger partial charge in [0.2, 0.25) is 0 Å². The molecule has 0 spiro atoms. The zero-order valence-electron chi connectivity index (χ0n) is 11.2. The number of nitrogens with zero attached hydrogens (tertiary/aromatic N) is 1. The lowest BCUT2D eigenvalue weighted by Gasteiger charge is -2.41. The van der Waals surface area contributed by atoms with Gasteiger partial charge in [0.1, 0.15) is 11.4 Å². The molecular weight excluding hydrogens is 230 g/mol. The second-order valence-electron chi connectivity index (χ2n) is 5.32. The molecule has 0 fully saturated rings. The molecule has 0 saturated heterocycles. The third kappa shape index (κ3) is 2.94. The Bertz CT molecular complexity index is 406. The Morgan fingerprint density at radius 2 is 2.17 bits per heavy atom. The molecule has 0 amide bonds. The van der Waals surface area contributed by atoms with Crippen LogP contribution in [-0.2, 0) is 4.74 Å². The Morgan fingerprint density at radius 3 is 2.89 bits per heavy atom. The van der Waals surface area contributed by atoms with Crippen molar-refractivity contribution >= 4 is 5.69 Å². The van der Waals surface area contributed by atoms with E-state index in [1.807, 2.05) is 24.3 Å². The monoisotopic (exact) mass is 251 g/mol. The molecule has 0 bridgehead atoms. The van der Waals surface area contributed by atoms with Gasteiger partial charge in [-0.25, -0.2) is 0 Å². The molecule has 1 aromatic carbocycles. The highest BCUT2D eigenvalue weighted by molar-refractivity contribution is 5.60. The molecule has 1 atom stereocenters. The van der Waals surface area contributed by atoms with Crippen LogP contribution in [0.25, 0.3) is 0 Å². The fourth-order valence-electron chi connectivity index (χ4n) is 2.34. The number of para-hydroxylation sites is 2. The van der Waals surface area contributed by atoms with Crippen molar-refractivity contribution in [3.05, 3.63) is 24.3 Å². The van der Waals surface area contributed by atoms with Crippen molar-refractivity contribution in [2.45, 2.75) is 25.6 Å². The second-order valence-corrected chi connectivity index (χ2v) is 5.32. The lowest BCUT2D eigenvalue weighted by molar-refractivity contribution is 0.0599. The van der Waals surface area contributed by atoms with Gasteiger partial charge in [0.25, 0.3) is 0 Å². The lowest BCUT2D eigenvalue weighted by atomic mass is 10.0. The van der Waals surface area contributed by atoms with Gasteiger partial charge in [0, 0.05) is 13.7 Å². The molecule has 100 valence electrons. The van der Waals surface area contributed by atoms with E-state index in [-0.39, 0.29) is 5.60 Å². The van der Waals surface area contributed by atoms with E-state index in [9.17, 15) is 5.11 Å². The summed E-state index contributed by atoms with van der Waals surface area (Å²) < 4.78 is 10.9. The second kappa shape index (κ2) is 5.16.